The van der Waals surface area contributed by atoms with E-state index >= 15 is 0 Å². The van der Waals surface area contributed by atoms with E-state index < -0.39 is 0 Å². The van der Waals surface area contributed by atoms with Crippen LogP contribution >= 0.6 is 17.0 Å². The van der Waals surface area contributed by atoms with E-state index in [-0.39, 0.29) is 34.7 Å². The number of halogens is 1. The first kappa shape index (κ1) is 28.7. The van der Waals surface area contributed by atoms with Crippen LogP contribution in [0.1, 0.15) is 67.6 Å². The second-order valence-electron chi connectivity index (χ2n) is 9.53. The molecule has 0 bridgehead atoms. The Labute approximate surface area is 219 Å². The second kappa shape index (κ2) is 12.4. The third-order valence-corrected chi connectivity index (χ3v) is 5.90. The molecule has 2 aromatic carbocycles. The van der Waals surface area contributed by atoms with E-state index in [2.05, 4.69) is 20.8 Å². The van der Waals surface area contributed by atoms with E-state index in [0.29, 0.717) is 49.2 Å². The van der Waals surface area contributed by atoms with Gasteiger partial charge in [0, 0.05) is 23.2 Å². The number of hydrogen-bond donors (Lipinski definition) is 2. The van der Waals surface area contributed by atoms with Crippen LogP contribution in [0, 0.1) is 5.41 Å². The third-order valence-electron chi connectivity index (χ3n) is 5.90. The zero-order valence-corrected chi connectivity index (χ0v) is 23.1. The van der Waals surface area contributed by atoms with Gasteiger partial charge < -0.3 is 24.8 Å². The van der Waals surface area contributed by atoms with Gasteiger partial charge in [-0.1, -0.05) is 26.8 Å². The summed E-state index contributed by atoms with van der Waals surface area (Å²) in [5.74, 6) is 2.23. The minimum atomic E-state index is -0.247. The number of hydrogen-bond acceptors (Lipinski definition) is 6. The lowest BCUT2D eigenvalue weighted by molar-refractivity contribution is 0.0962. The Morgan fingerprint density at radius 3 is 2.51 bits per heavy atom. The first-order valence-corrected chi connectivity index (χ1v) is 11.9. The standard InChI is InChI=1S/C27H37N3O4.BrH/c1-6-33-20-10-9-18-16-30(26(29)21(18)15-20)17-23(31)19-13-22(27(2,3)4)25(32-5)24(14-19)34-12-8-7-11-28;/h9-10,13-15,29H,6-8,11-12,16-17,28H2,1-5H3;1H. The molecule has 0 saturated heterocycles. The number of fused-ring (bicyclic) bond motifs is 1. The number of ether oxygens (including phenoxy) is 3. The zero-order valence-electron chi connectivity index (χ0n) is 21.4. The minimum absolute atomic E-state index is 0. The summed E-state index contributed by atoms with van der Waals surface area (Å²) >= 11 is 0. The molecule has 0 spiro atoms. The van der Waals surface area contributed by atoms with Gasteiger partial charge in [0.1, 0.15) is 11.6 Å². The van der Waals surface area contributed by atoms with Crippen molar-refractivity contribution in [1.82, 2.24) is 4.90 Å². The average molecular weight is 549 g/mol. The fourth-order valence-corrected chi connectivity index (χ4v) is 4.09. The van der Waals surface area contributed by atoms with E-state index in [1.54, 1.807) is 18.1 Å². The maximum atomic E-state index is 13.4. The molecule has 7 nitrogen and oxygen atoms in total. The van der Waals surface area contributed by atoms with Crippen molar-refractivity contribution in [3.63, 3.8) is 0 Å². The maximum Gasteiger partial charge on any atom is 0.182 e. The number of nitrogens with zero attached hydrogens (tertiary/aromatic N) is 1. The van der Waals surface area contributed by atoms with Gasteiger partial charge in [0.15, 0.2) is 17.3 Å². The van der Waals surface area contributed by atoms with Crippen LogP contribution in [-0.2, 0) is 12.0 Å². The van der Waals surface area contributed by atoms with Crippen molar-refractivity contribution < 1.29 is 19.0 Å². The number of rotatable bonds is 11. The molecule has 192 valence electrons. The predicted molar refractivity (Wildman–Crippen MR) is 145 cm³/mol. The summed E-state index contributed by atoms with van der Waals surface area (Å²) in [5, 5.41) is 8.61. The lowest BCUT2D eigenvalue weighted by atomic mass is 9.84. The summed E-state index contributed by atoms with van der Waals surface area (Å²) in [6, 6.07) is 9.42. The number of carbonyl (C=O) groups excluding carboxylic acids is 1. The summed E-state index contributed by atoms with van der Waals surface area (Å²) in [5.41, 5.74) is 8.66. The van der Waals surface area contributed by atoms with Crippen LogP contribution in [0.25, 0.3) is 0 Å². The smallest absolute Gasteiger partial charge is 0.182 e. The molecule has 0 saturated carbocycles. The van der Waals surface area contributed by atoms with Crippen LogP contribution in [-0.4, -0.2) is 49.9 Å². The Hall–Kier alpha value is -2.58. The van der Waals surface area contributed by atoms with Gasteiger partial charge in [0.2, 0.25) is 0 Å². The molecule has 0 unspecified atom stereocenters. The van der Waals surface area contributed by atoms with Gasteiger partial charge in [-0.05, 0) is 61.6 Å². The number of amidine groups is 1. The summed E-state index contributed by atoms with van der Waals surface area (Å²) < 4.78 is 17.3. The highest BCUT2D eigenvalue weighted by Crippen LogP contribution is 2.40. The molecular formula is C27H38BrN3O4. The van der Waals surface area contributed by atoms with Crippen LogP contribution < -0.4 is 19.9 Å². The number of benzene rings is 2. The summed E-state index contributed by atoms with van der Waals surface area (Å²) in [6.45, 7) is 10.5. The number of methoxy groups -OCH3 is 1. The molecule has 2 aromatic rings. The third kappa shape index (κ3) is 6.76. The van der Waals surface area contributed by atoms with E-state index in [4.69, 9.17) is 25.4 Å². The highest BCUT2D eigenvalue weighted by molar-refractivity contribution is 8.93. The number of nitrogens with two attached hydrogens (primary N) is 1. The van der Waals surface area contributed by atoms with Gasteiger partial charge in [-0.3, -0.25) is 10.2 Å². The number of ketones is 1. The minimum Gasteiger partial charge on any atom is -0.494 e. The molecule has 35 heavy (non-hydrogen) atoms. The first-order valence-electron chi connectivity index (χ1n) is 11.9. The maximum absolute atomic E-state index is 13.4. The van der Waals surface area contributed by atoms with Crippen molar-refractivity contribution >= 4 is 28.6 Å². The lowest BCUT2D eigenvalue weighted by Gasteiger charge is -2.25. The summed E-state index contributed by atoms with van der Waals surface area (Å²) in [4.78, 5) is 15.2. The van der Waals surface area contributed by atoms with Crippen LogP contribution in [0.4, 0.5) is 0 Å². The summed E-state index contributed by atoms with van der Waals surface area (Å²) in [6.07, 6.45) is 1.70. The van der Waals surface area contributed by atoms with Gasteiger partial charge in [-0.15, -0.1) is 17.0 Å². The molecular weight excluding hydrogens is 510 g/mol. The normalized spacial score (nSPS) is 12.7. The Bertz CT molecular complexity index is 1050. The van der Waals surface area contributed by atoms with Crippen molar-refractivity contribution in [2.75, 3.05) is 33.4 Å². The van der Waals surface area contributed by atoms with Crippen LogP contribution in [0.2, 0.25) is 0 Å². The van der Waals surface area contributed by atoms with Crippen LogP contribution in [0.15, 0.2) is 30.3 Å². The molecule has 0 amide bonds. The quantitative estimate of drug-likeness (QED) is 0.299. The Morgan fingerprint density at radius 2 is 1.89 bits per heavy atom. The zero-order chi connectivity index (χ0) is 24.9. The molecule has 1 heterocycles. The van der Waals surface area contributed by atoms with E-state index in [9.17, 15) is 4.79 Å². The van der Waals surface area contributed by atoms with Crippen molar-refractivity contribution in [1.29, 1.82) is 5.41 Å². The fraction of sp³-hybridized carbons (Fsp3) is 0.481. The number of Topliss-reactive ketones (excluding diaryl/α,β-unsaturated/α-hetero) is 1. The van der Waals surface area contributed by atoms with E-state index in [1.165, 1.54) is 0 Å². The molecule has 0 aromatic heterocycles. The van der Waals surface area contributed by atoms with Gasteiger partial charge in [-0.25, -0.2) is 0 Å². The highest BCUT2D eigenvalue weighted by atomic mass is 79.9. The number of carbonyl (C=O) groups is 1. The van der Waals surface area contributed by atoms with Gasteiger partial charge in [0.05, 0.1) is 26.9 Å². The first-order chi connectivity index (χ1) is 16.2. The molecule has 0 aliphatic carbocycles. The molecule has 1 aliphatic heterocycles. The molecule has 8 heteroatoms. The average Bonchev–Trinajstić information content (AvgIpc) is 3.10. The van der Waals surface area contributed by atoms with Crippen molar-refractivity contribution in [3.05, 3.63) is 52.6 Å². The molecule has 1 aliphatic rings. The number of nitrogens with one attached hydrogen (secondary N) is 1. The van der Waals surface area contributed by atoms with E-state index in [0.717, 1.165) is 35.3 Å². The van der Waals surface area contributed by atoms with Crippen molar-refractivity contribution in [3.8, 4) is 17.2 Å². The van der Waals surface area contributed by atoms with Crippen LogP contribution in [0.5, 0.6) is 17.2 Å². The molecule has 3 rings (SSSR count). The highest BCUT2D eigenvalue weighted by Gasteiger charge is 2.29. The monoisotopic (exact) mass is 547 g/mol. The largest absolute Gasteiger partial charge is 0.494 e. The Balaban J connectivity index is 0.00000432. The Morgan fingerprint density at radius 1 is 1.14 bits per heavy atom. The fourth-order valence-electron chi connectivity index (χ4n) is 4.09. The number of unbranched alkanes of at least 4 members (excludes halogenated alkanes) is 1. The SMILES string of the molecule is Br.CCOc1ccc2c(c1)C(=N)N(CC(=O)c1cc(OCCCCN)c(OC)c(C(C)(C)C)c1)C2. The Kier molecular flexibility index (Phi) is 10.2. The lowest BCUT2D eigenvalue weighted by Crippen LogP contribution is -2.30. The van der Waals surface area contributed by atoms with E-state index in [1.807, 2.05) is 31.2 Å². The molecule has 0 fully saturated rings. The predicted octanol–water partition coefficient (Wildman–Crippen LogP) is 5.11. The molecule has 3 N–H and O–H groups in total. The van der Waals surface area contributed by atoms with Crippen LogP contribution in [0.3, 0.4) is 0 Å². The second-order valence-corrected chi connectivity index (χ2v) is 9.53. The van der Waals surface area contributed by atoms with Gasteiger partial charge in [-0.2, -0.15) is 0 Å². The van der Waals surface area contributed by atoms with Gasteiger partial charge >= 0.3 is 0 Å². The summed E-state index contributed by atoms with van der Waals surface area (Å²) in [7, 11) is 1.62. The molecule has 0 radical (unpaired) electrons. The molecule has 0 atom stereocenters. The van der Waals surface area contributed by atoms with Crippen molar-refractivity contribution in [2.45, 2.75) is 52.5 Å². The van der Waals surface area contributed by atoms with Crippen molar-refractivity contribution in [2.24, 2.45) is 5.73 Å². The van der Waals surface area contributed by atoms with Gasteiger partial charge in [0.25, 0.3) is 0 Å². The topological polar surface area (TPSA) is 97.9 Å².